The molecule has 568 valence electrons. The summed E-state index contributed by atoms with van der Waals surface area (Å²) in [6, 6.07) is 0. The van der Waals surface area contributed by atoms with Crippen molar-refractivity contribution < 1.29 is 80.2 Å². The molecule has 5 atom stereocenters. The van der Waals surface area contributed by atoms with Crippen LogP contribution in [0.3, 0.4) is 0 Å². The van der Waals surface area contributed by atoms with E-state index in [0.29, 0.717) is 25.7 Å². The van der Waals surface area contributed by atoms with Crippen LogP contribution in [-0.4, -0.2) is 96.7 Å². The van der Waals surface area contributed by atoms with Gasteiger partial charge in [0, 0.05) is 25.7 Å². The van der Waals surface area contributed by atoms with Crippen molar-refractivity contribution in [3.63, 3.8) is 0 Å². The molecule has 0 bridgehead atoms. The largest absolute Gasteiger partial charge is 0.472 e. The van der Waals surface area contributed by atoms with E-state index < -0.39 is 97.5 Å². The number of aliphatic hydroxyl groups excluding tert-OH is 1. The SMILES string of the molecule is CC/C=C\C/C=C\C/C=C\CCCCCCCCCC(=O)OCC(COP(=O)(O)OCC(O)COP(=O)(O)OCC(COC(=O)CCCCCCC/C=C\C/C=C\C/C=C\CC)OC(=O)CCCCCCC/C=C\CCCCCC)OC(=O)CCCCCCCCCCCCCCC. The molecule has 0 aromatic carbocycles. The summed E-state index contributed by atoms with van der Waals surface area (Å²) in [6.07, 6.45) is 72.8. The first-order chi connectivity index (χ1) is 47.7. The first-order valence-corrected chi connectivity index (χ1v) is 41.8. The number of carbonyl (C=O) groups is 4. The van der Waals surface area contributed by atoms with Gasteiger partial charge in [-0.25, -0.2) is 9.13 Å². The lowest BCUT2D eigenvalue weighted by atomic mass is 10.0. The van der Waals surface area contributed by atoms with Gasteiger partial charge >= 0.3 is 39.5 Å². The van der Waals surface area contributed by atoms with E-state index in [0.717, 1.165) is 180 Å². The number of phosphoric ester groups is 2. The van der Waals surface area contributed by atoms with Crippen molar-refractivity contribution in [2.24, 2.45) is 0 Å². The topological polar surface area (TPSA) is 237 Å². The summed E-state index contributed by atoms with van der Waals surface area (Å²) in [6.45, 7) is 4.64. The molecule has 0 aromatic rings. The van der Waals surface area contributed by atoms with Gasteiger partial charge in [0.1, 0.15) is 19.3 Å². The number of esters is 4. The predicted molar refractivity (Wildman–Crippen MR) is 399 cm³/mol. The molecule has 0 aliphatic heterocycles. The van der Waals surface area contributed by atoms with Gasteiger partial charge in [0.05, 0.1) is 26.4 Å². The molecule has 17 nitrogen and oxygen atoms in total. The summed E-state index contributed by atoms with van der Waals surface area (Å²) in [5.74, 6) is -2.19. The zero-order valence-electron chi connectivity index (χ0n) is 62.0. The summed E-state index contributed by atoms with van der Waals surface area (Å²) in [7, 11) is -9.95. The monoisotopic (exact) mass is 1420 g/mol. The van der Waals surface area contributed by atoms with Crippen molar-refractivity contribution in [1.82, 2.24) is 0 Å². The van der Waals surface area contributed by atoms with Crippen LogP contribution in [0, 0.1) is 0 Å². The summed E-state index contributed by atoms with van der Waals surface area (Å²) in [4.78, 5) is 72.9. The molecule has 98 heavy (non-hydrogen) atoms. The first kappa shape index (κ1) is 94.2. The zero-order chi connectivity index (χ0) is 71.8. The molecular formula is C79H140O17P2. The lowest BCUT2D eigenvalue weighted by Gasteiger charge is -2.21. The summed E-state index contributed by atoms with van der Waals surface area (Å²) in [5, 5.41) is 10.6. The molecule has 0 saturated carbocycles. The Labute approximate surface area is 595 Å². The molecule has 0 radical (unpaired) electrons. The zero-order valence-corrected chi connectivity index (χ0v) is 63.7. The Morgan fingerprint density at radius 3 is 0.837 bits per heavy atom. The molecule has 0 aliphatic rings. The Bertz CT molecular complexity index is 2190. The van der Waals surface area contributed by atoms with Crippen LogP contribution in [-0.2, 0) is 65.4 Å². The molecule has 0 heterocycles. The summed E-state index contributed by atoms with van der Waals surface area (Å²) in [5.41, 5.74) is 0. The number of ether oxygens (including phenoxy) is 4. The molecule has 0 aromatic heterocycles. The fourth-order valence-corrected chi connectivity index (χ4v) is 12.1. The number of carbonyl (C=O) groups excluding carboxylic acids is 4. The Morgan fingerprint density at radius 1 is 0.296 bits per heavy atom. The maximum absolute atomic E-state index is 13.1. The van der Waals surface area contributed by atoms with Crippen molar-refractivity contribution in [3.8, 4) is 0 Å². The van der Waals surface area contributed by atoms with Crippen LogP contribution in [0.1, 0.15) is 336 Å². The molecule has 0 spiro atoms. The molecular weight excluding hydrogens is 1280 g/mol. The van der Waals surface area contributed by atoms with E-state index in [1.165, 1.54) is 77.0 Å². The van der Waals surface area contributed by atoms with E-state index in [1.807, 2.05) is 0 Å². The summed E-state index contributed by atoms with van der Waals surface area (Å²) < 4.78 is 68.5. The van der Waals surface area contributed by atoms with Gasteiger partial charge in [-0.05, 0) is 116 Å². The first-order valence-electron chi connectivity index (χ1n) is 38.8. The molecule has 19 heteroatoms. The van der Waals surface area contributed by atoms with Crippen molar-refractivity contribution >= 4 is 39.5 Å². The fraction of sp³-hybridized carbons (Fsp3) is 0.772. The van der Waals surface area contributed by atoms with Crippen LogP contribution in [0.15, 0.2) is 85.1 Å². The number of phosphoric acid groups is 2. The Kier molecular flexibility index (Phi) is 68.9. The highest BCUT2D eigenvalue weighted by Gasteiger charge is 2.30. The molecule has 0 saturated heterocycles. The van der Waals surface area contributed by atoms with Gasteiger partial charge in [0.2, 0.25) is 0 Å². The van der Waals surface area contributed by atoms with Crippen LogP contribution in [0.5, 0.6) is 0 Å². The van der Waals surface area contributed by atoms with Gasteiger partial charge in [-0.15, -0.1) is 0 Å². The Hall–Kier alpha value is -3.76. The number of hydrogen-bond donors (Lipinski definition) is 3. The maximum Gasteiger partial charge on any atom is 0.472 e. The molecule has 0 amide bonds. The second-order valence-corrected chi connectivity index (χ2v) is 28.8. The number of rotatable bonds is 73. The minimum Gasteiger partial charge on any atom is -0.462 e. The van der Waals surface area contributed by atoms with Gasteiger partial charge in [0.15, 0.2) is 12.2 Å². The van der Waals surface area contributed by atoms with Gasteiger partial charge in [-0.3, -0.25) is 37.3 Å². The Morgan fingerprint density at radius 2 is 0.531 bits per heavy atom. The number of allylic oxidation sites excluding steroid dienone is 14. The van der Waals surface area contributed by atoms with Gasteiger partial charge in [0.25, 0.3) is 0 Å². The van der Waals surface area contributed by atoms with E-state index >= 15 is 0 Å². The van der Waals surface area contributed by atoms with E-state index in [1.54, 1.807) is 0 Å². The van der Waals surface area contributed by atoms with Crippen molar-refractivity contribution in [1.29, 1.82) is 0 Å². The normalized spacial score (nSPS) is 14.4. The van der Waals surface area contributed by atoms with Crippen molar-refractivity contribution in [3.05, 3.63) is 85.1 Å². The van der Waals surface area contributed by atoms with Crippen LogP contribution in [0.4, 0.5) is 0 Å². The number of hydrogen-bond acceptors (Lipinski definition) is 15. The smallest absolute Gasteiger partial charge is 0.462 e. The van der Waals surface area contributed by atoms with Crippen LogP contribution in [0.2, 0.25) is 0 Å². The maximum atomic E-state index is 13.1. The highest BCUT2D eigenvalue weighted by atomic mass is 31.2. The lowest BCUT2D eigenvalue weighted by Crippen LogP contribution is -2.30. The lowest BCUT2D eigenvalue weighted by molar-refractivity contribution is -0.161. The van der Waals surface area contributed by atoms with Gasteiger partial charge < -0.3 is 33.8 Å². The third kappa shape index (κ3) is 70.7. The minimum atomic E-state index is -4.98. The van der Waals surface area contributed by atoms with Crippen molar-refractivity contribution in [2.45, 2.75) is 354 Å². The number of unbranched alkanes of at least 4 members (excludes halogenated alkanes) is 33. The number of aliphatic hydroxyl groups is 1. The average molecular weight is 1420 g/mol. The summed E-state index contributed by atoms with van der Waals surface area (Å²) >= 11 is 0. The molecule has 0 rings (SSSR count). The van der Waals surface area contributed by atoms with E-state index in [9.17, 15) is 43.2 Å². The van der Waals surface area contributed by atoms with Gasteiger partial charge in [-0.1, -0.05) is 280 Å². The van der Waals surface area contributed by atoms with E-state index in [2.05, 4.69) is 113 Å². The quantitative estimate of drug-likeness (QED) is 0.0169. The second kappa shape index (κ2) is 71.6. The van der Waals surface area contributed by atoms with Crippen molar-refractivity contribution in [2.75, 3.05) is 39.6 Å². The standard InChI is InChI=1S/C79H140O17P2/c1-5-9-13-17-21-25-29-33-35-36-38-42-44-48-52-56-60-64-77(82)90-70-75(96-79(84)66-62-58-54-50-46-40-32-28-24-20-16-12-8-4)72-94-98(87,88)92-68-73(80)67-91-97(85,86)93-71-74(95-78(83)65-61-57-53-49-45-39-31-27-23-19-15-11-7-3)69-89-76(81)63-59-55-51-47-43-41-37-34-30-26-22-18-14-10-6-2/h9-10,13-14,21-22,25-27,31,33-35,37,73-75,80H,5-8,11-12,15-20,23-24,28-30,32,36,38-72H2,1-4H3,(H,85,86)(H,87,88)/b13-9-,14-10-,25-21-,26-22-,31-27-,35-33-,37-34-. The minimum absolute atomic E-state index is 0.0827. The molecule has 0 aliphatic carbocycles. The fourth-order valence-electron chi connectivity index (χ4n) is 10.5. The van der Waals surface area contributed by atoms with Crippen LogP contribution < -0.4 is 0 Å². The second-order valence-electron chi connectivity index (χ2n) is 25.9. The van der Waals surface area contributed by atoms with Crippen LogP contribution >= 0.6 is 15.6 Å². The molecule has 0 fully saturated rings. The van der Waals surface area contributed by atoms with Gasteiger partial charge in [-0.2, -0.15) is 0 Å². The molecule has 3 N–H and O–H groups in total. The Balaban J connectivity index is 5.33. The highest BCUT2D eigenvalue weighted by molar-refractivity contribution is 7.47. The van der Waals surface area contributed by atoms with E-state index in [-0.39, 0.29) is 25.7 Å². The third-order valence-corrected chi connectivity index (χ3v) is 18.3. The third-order valence-electron chi connectivity index (χ3n) is 16.4. The van der Waals surface area contributed by atoms with E-state index in [4.69, 9.17) is 37.0 Å². The van der Waals surface area contributed by atoms with Crippen LogP contribution in [0.25, 0.3) is 0 Å². The molecule has 5 unspecified atom stereocenters. The predicted octanol–water partition coefficient (Wildman–Crippen LogP) is 22.2. The highest BCUT2D eigenvalue weighted by Crippen LogP contribution is 2.45. The average Bonchev–Trinajstić information content (AvgIpc) is 0.969.